The van der Waals surface area contributed by atoms with Crippen LogP contribution in [0.3, 0.4) is 0 Å². The van der Waals surface area contributed by atoms with Crippen LogP contribution in [0.5, 0.6) is 5.75 Å². The second kappa shape index (κ2) is 8.84. The van der Waals surface area contributed by atoms with Crippen LogP contribution in [0.25, 0.3) is 11.0 Å². The van der Waals surface area contributed by atoms with Crippen molar-refractivity contribution in [3.8, 4) is 5.75 Å². The number of ether oxygens (including phenoxy) is 1. The number of hydrogen-bond acceptors (Lipinski definition) is 4. The van der Waals surface area contributed by atoms with Gasteiger partial charge in [0, 0.05) is 5.69 Å². The number of methoxy groups -OCH3 is 1. The molecule has 0 atom stereocenters. The van der Waals surface area contributed by atoms with E-state index in [2.05, 4.69) is 28.1 Å². The van der Waals surface area contributed by atoms with Gasteiger partial charge in [0.15, 0.2) is 5.16 Å². The monoisotopic (exact) mass is 403 g/mol. The molecule has 1 N–H and O–H groups in total. The van der Waals surface area contributed by atoms with Crippen molar-refractivity contribution in [3.63, 3.8) is 0 Å². The first-order chi connectivity index (χ1) is 14.2. The van der Waals surface area contributed by atoms with Crippen LogP contribution in [0.2, 0.25) is 0 Å². The molecule has 0 fully saturated rings. The number of nitrogens with zero attached hydrogens (tertiary/aromatic N) is 2. The Hall–Kier alpha value is -3.25. The molecule has 0 spiro atoms. The molecule has 0 aliphatic heterocycles. The summed E-state index contributed by atoms with van der Waals surface area (Å²) in [6.45, 7) is 0.712. The van der Waals surface area contributed by atoms with Gasteiger partial charge in [0.25, 0.3) is 0 Å². The number of nitrogens with one attached hydrogen (secondary N) is 1. The molecule has 5 nitrogen and oxygen atoms in total. The van der Waals surface area contributed by atoms with Gasteiger partial charge < -0.3 is 14.6 Å². The van der Waals surface area contributed by atoms with E-state index in [0.29, 0.717) is 6.54 Å². The minimum atomic E-state index is -0.0708. The maximum atomic E-state index is 12.4. The lowest BCUT2D eigenvalue weighted by Crippen LogP contribution is -2.14. The highest BCUT2D eigenvalue weighted by Crippen LogP contribution is 2.25. The molecule has 0 radical (unpaired) electrons. The topological polar surface area (TPSA) is 56.1 Å². The molecule has 146 valence electrons. The maximum Gasteiger partial charge on any atom is 0.234 e. The van der Waals surface area contributed by atoms with Crippen LogP contribution in [0.15, 0.2) is 84.0 Å². The van der Waals surface area contributed by atoms with Crippen LogP contribution in [0.4, 0.5) is 5.69 Å². The standard InChI is InChI=1S/C23H21N3O2S/c1-28-19-13-11-18(12-14-19)24-22(27)16-29-23-25-20-9-5-6-10-21(20)26(23)15-17-7-3-2-4-8-17/h2-14H,15-16H2,1H3,(H,24,27). The Morgan fingerprint density at radius 1 is 1.00 bits per heavy atom. The fourth-order valence-corrected chi connectivity index (χ4v) is 3.90. The predicted molar refractivity (Wildman–Crippen MR) is 118 cm³/mol. The molecule has 0 bridgehead atoms. The van der Waals surface area contributed by atoms with Gasteiger partial charge >= 0.3 is 0 Å². The van der Waals surface area contributed by atoms with Crippen molar-refractivity contribution in [1.29, 1.82) is 0 Å². The van der Waals surface area contributed by atoms with E-state index in [1.54, 1.807) is 7.11 Å². The first-order valence-corrected chi connectivity index (χ1v) is 10.3. The SMILES string of the molecule is COc1ccc(NC(=O)CSc2nc3ccccc3n2Cc2ccccc2)cc1. The zero-order valence-corrected chi connectivity index (χ0v) is 16.9. The molecule has 1 aromatic heterocycles. The van der Waals surface area contributed by atoms with Crippen molar-refractivity contribution < 1.29 is 9.53 Å². The summed E-state index contributed by atoms with van der Waals surface area (Å²) in [4.78, 5) is 17.2. The highest BCUT2D eigenvalue weighted by atomic mass is 32.2. The fraction of sp³-hybridized carbons (Fsp3) is 0.130. The van der Waals surface area contributed by atoms with Crippen molar-refractivity contribution in [3.05, 3.63) is 84.4 Å². The summed E-state index contributed by atoms with van der Waals surface area (Å²) < 4.78 is 7.31. The molecule has 0 saturated heterocycles. The average Bonchev–Trinajstić information content (AvgIpc) is 3.11. The highest BCUT2D eigenvalue weighted by molar-refractivity contribution is 7.99. The summed E-state index contributed by atoms with van der Waals surface area (Å²) in [5.41, 5.74) is 3.94. The molecule has 1 amide bonds. The third-order valence-electron chi connectivity index (χ3n) is 4.51. The Bertz CT molecular complexity index is 1110. The summed E-state index contributed by atoms with van der Waals surface area (Å²) in [5.74, 6) is 0.968. The van der Waals surface area contributed by atoms with Gasteiger partial charge in [0.05, 0.1) is 30.4 Å². The molecular weight excluding hydrogens is 382 g/mol. The first-order valence-electron chi connectivity index (χ1n) is 9.29. The molecule has 4 aromatic rings. The number of para-hydroxylation sites is 2. The quantitative estimate of drug-likeness (QED) is 0.449. The number of aromatic nitrogens is 2. The van der Waals surface area contributed by atoms with Gasteiger partial charge in [-0.1, -0.05) is 54.2 Å². The number of benzene rings is 3. The van der Waals surface area contributed by atoms with Crippen LogP contribution < -0.4 is 10.1 Å². The lowest BCUT2D eigenvalue weighted by atomic mass is 10.2. The number of hydrogen-bond donors (Lipinski definition) is 1. The molecule has 0 aliphatic rings. The third-order valence-corrected chi connectivity index (χ3v) is 5.49. The summed E-state index contributed by atoms with van der Waals surface area (Å²) in [5, 5.41) is 3.75. The van der Waals surface area contributed by atoms with Gasteiger partial charge in [0.2, 0.25) is 5.91 Å². The van der Waals surface area contributed by atoms with Gasteiger partial charge in [-0.15, -0.1) is 0 Å². The molecule has 0 unspecified atom stereocenters. The first kappa shape index (κ1) is 19.1. The summed E-state index contributed by atoms with van der Waals surface area (Å²) in [6, 6.07) is 25.6. The van der Waals surface area contributed by atoms with Crippen molar-refractivity contribution in [1.82, 2.24) is 9.55 Å². The smallest absolute Gasteiger partial charge is 0.234 e. The summed E-state index contributed by atoms with van der Waals surface area (Å²) >= 11 is 1.44. The van der Waals surface area contributed by atoms with Gasteiger partial charge in [0.1, 0.15) is 5.75 Å². The minimum Gasteiger partial charge on any atom is -0.497 e. The van der Waals surface area contributed by atoms with Crippen LogP contribution >= 0.6 is 11.8 Å². The lowest BCUT2D eigenvalue weighted by molar-refractivity contribution is -0.113. The van der Waals surface area contributed by atoms with Gasteiger partial charge in [-0.25, -0.2) is 4.98 Å². The Labute approximate surface area is 173 Å². The molecule has 29 heavy (non-hydrogen) atoms. The van der Waals surface area contributed by atoms with Crippen molar-refractivity contribution in [2.24, 2.45) is 0 Å². The van der Waals surface area contributed by atoms with Crippen LogP contribution in [0.1, 0.15) is 5.56 Å². The highest BCUT2D eigenvalue weighted by Gasteiger charge is 2.13. The van der Waals surface area contributed by atoms with E-state index in [-0.39, 0.29) is 11.7 Å². The van der Waals surface area contributed by atoms with Gasteiger partial charge in [-0.3, -0.25) is 4.79 Å². The normalized spacial score (nSPS) is 10.8. The summed E-state index contributed by atoms with van der Waals surface area (Å²) in [6.07, 6.45) is 0. The number of anilines is 1. The van der Waals surface area contributed by atoms with Gasteiger partial charge in [-0.05, 0) is 42.0 Å². The van der Waals surface area contributed by atoms with Crippen molar-refractivity contribution in [2.45, 2.75) is 11.7 Å². The second-order valence-corrected chi connectivity index (χ2v) is 7.46. The Balaban J connectivity index is 1.49. The molecule has 4 rings (SSSR count). The lowest BCUT2D eigenvalue weighted by Gasteiger charge is -2.10. The third kappa shape index (κ3) is 4.60. The minimum absolute atomic E-state index is 0.0708. The number of thioether (sulfide) groups is 1. The van der Waals surface area contributed by atoms with Crippen LogP contribution in [-0.2, 0) is 11.3 Å². The largest absolute Gasteiger partial charge is 0.497 e. The second-order valence-electron chi connectivity index (χ2n) is 6.52. The Morgan fingerprint density at radius 2 is 1.72 bits per heavy atom. The van der Waals surface area contributed by atoms with E-state index < -0.39 is 0 Å². The molecule has 1 heterocycles. The summed E-state index contributed by atoms with van der Waals surface area (Å²) in [7, 11) is 1.62. The zero-order chi connectivity index (χ0) is 20.1. The van der Waals surface area contributed by atoms with Crippen LogP contribution in [0, 0.1) is 0 Å². The number of rotatable bonds is 7. The number of carbonyl (C=O) groups excluding carboxylic acids is 1. The molecular formula is C23H21N3O2S. The zero-order valence-electron chi connectivity index (χ0n) is 16.0. The maximum absolute atomic E-state index is 12.4. The number of carbonyl (C=O) groups is 1. The predicted octanol–water partition coefficient (Wildman–Crippen LogP) is 4.82. The number of imidazole rings is 1. The van der Waals surface area contributed by atoms with Crippen molar-refractivity contribution in [2.75, 3.05) is 18.2 Å². The average molecular weight is 404 g/mol. The fourth-order valence-electron chi connectivity index (χ4n) is 3.08. The van der Waals surface area contributed by atoms with E-state index in [4.69, 9.17) is 9.72 Å². The van der Waals surface area contributed by atoms with E-state index in [1.165, 1.54) is 17.3 Å². The van der Waals surface area contributed by atoms with E-state index in [0.717, 1.165) is 27.6 Å². The van der Waals surface area contributed by atoms with Crippen molar-refractivity contribution >= 4 is 34.4 Å². The van der Waals surface area contributed by atoms with Crippen LogP contribution in [-0.4, -0.2) is 28.3 Å². The molecule has 0 saturated carbocycles. The number of amides is 1. The van der Waals surface area contributed by atoms with Gasteiger partial charge in [-0.2, -0.15) is 0 Å². The van der Waals surface area contributed by atoms with E-state index >= 15 is 0 Å². The molecule has 3 aromatic carbocycles. The Kier molecular flexibility index (Phi) is 5.81. The van der Waals surface area contributed by atoms with E-state index in [9.17, 15) is 4.79 Å². The molecule has 0 aliphatic carbocycles. The molecule has 6 heteroatoms. The number of fused-ring (bicyclic) bond motifs is 1. The van der Waals surface area contributed by atoms with E-state index in [1.807, 2.05) is 60.7 Å². The Morgan fingerprint density at radius 3 is 2.48 bits per heavy atom.